The minimum absolute atomic E-state index is 0.404. The average Bonchev–Trinajstić information content (AvgIpc) is 2.77. The van der Waals surface area contributed by atoms with Gasteiger partial charge >= 0.3 is 18.0 Å². The number of carbonyl (C=O) groups excluding carboxylic acids is 1. The molecule has 1 aliphatic rings. The molecule has 25 heavy (non-hydrogen) atoms. The van der Waals surface area contributed by atoms with Gasteiger partial charge < -0.3 is 5.11 Å². The van der Waals surface area contributed by atoms with Crippen LogP contribution < -0.4 is 0 Å². The number of rotatable bonds is 3. The van der Waals surface area contributed by atoms with Crippen molar-refractivity contribution >= 4 is 11.6 Å². The molecular formula is C13H14F7N3O2. The van der Waals surface area contributed by atoms with Crippen LogP contribution >= 0.6 is 0 Å². The van der Waals surface area contributed by atoms with E-state index in [1.165, 1.54) is 26.8 Å². The summed E-state index contributed by atoms with van der Waals surface area (Å²) < 4.78 is 92.3. The summed E-state index contributed by atoms with van der Waals surface area (Å²) in [5.41, 5.74) is -5.80. The summed E-state index contributed by atoms with van der Waals surface area (Å²) in [4.78, 5) is 11.7. The largest absolute Gasteiger partial charge is 0.460 e. The first kappa shape index (κ1) is 21.1. The maximum absolute atomic E-state index is 14.1. The third-order valence-corrected chi connectivity index (χ3v) is 3.57. The van der Waals surface area contributed by atoms with Crippen LogP contribution in [0.3, 0.4) is 0 Å². The topological polar surface area (TPSA) is 76.7 Å². The van der Waals surface area contributed by atoms with Gasteiger partial charge in [0.25, 0.3) is 5.91 Å². The van der Waals surface area contributed by atoms with Crippen molar-refractivity contribution in [2.45, 2.75) is 57.4 Å². The lowest BCUT2D eigenvalue weighted by molar-refractivity contribution is -0.401. The Morgan fingerprint density at radius 1 is 1.24 bits per heavy atom. The lowest BCUT2D eigenvalue weighted by Crippen LogP contribution is -2.69. The molecule has 1 N–H and O–H groups in total. The Balaban J connectivity index is 3.53. The third-order valence-electron chi connectivity index (χ3n) is 3.57. The second-order valence-electron chi connectivity index (χ2n) is 6.48. The van der Waals surface area contributed by atoms with Crippen LogP contribution in [0, 0.1) is 16.7 Å². The van der Waals surface area contributed by atoms with E-state index in [4.69, 9.17) is 5.26 Å². The summed E-state index contributed by atoms with van der Waals surface area (Å²) in [5, 5.41) is 21.3. The summed E-state index contributed by atoms with van der Waals surface area (Å²) in [6.45, 7) is 4.10. The molecule has 0 aromatic heterocycles. The fourth-order valence-corrected chi connectivity index (χ4v) is 2.04. The van der Waals surface area contributed by atoms with Crippen LogP contribution in [-0.2, 0) is 4.79 Å². The molecule has 0 radical (unpaired) electrons. The molecule has 0 aromatic carbocycles. The number of halogens is 7. The number of nitriles is 1. The molecule has 0 aliphatic carbocycles. The Labute approximate surface area is 137 Å². The summed E-state index contributed by atoms with van der Waals surface area (Å²) in [6, 6.07) is 1.23. The van der Waals surface area contributed by atoms with E-state index >= 15 is 0 Å². The number of hydrogen-bond acceptors (Lipinski definition) is 4. The van der Waals surface area contributed by atoms with E-state index in [0.717, 1.165) is 0 Å². The van der Waals surface area contributed by atoms with E-state index in [0.29, 0.717) is 0 Å². The third kappa shape index (κ3) is 3.17. The molecule has 0 saturated carbocycles. The molecule has 12 heteroatoms. The molecule has 1 atom stereocenters. The maximum atomic E-state index is 14.1. The van der Waals surface area contributed by atoms with E-state index in [9.17, 15) is 40.6 Å². The lowest BCUT2D eigenvalue weighted by Gasteiger charge is -2.41. The number of aliphatic hydroxyl groups is 1. The molecule has 1 heterocycles. The first-order valence-electron chi connectivity index (χ1n) is 6.76. The van der Waals surface area contributed by atoms with Crippen LogP contribution in [0.1, 0.15) is 33.6 Å². The molecular weight excluding hydrogens is 363 g/mol. The fraction of sp³-hybridized carbons (Fsp3) is 0.769. The smallest absolute Gasteiger partial charge is 0.364 e. The van der Waals surface area contributed by atoms with Crippen molar-refractivity contribution in [2.75, 3.05) is 0 Å². The van der Waals surface area contributed by atoms with Crippen molar-refractivity contribution in [3.05, 3.63) is 0 Å². The quantitative estimate of drug-likeness (QED) is 0.768. The zero-order chi connectivity index (χ0) is 20.1. The lowest BCUT2D eigenvalue weighted by atomic mass is 9.83. The number of hydrogen-bond donors (Lipinski definition) is 1. The minimum Gasteiger partial charge on any atom is -0.364 e. The molecule has 0 aromatic rings. The number of carbonyl (C=O) groups is 1. The van der Waals surface area contributed by atoms with Gasteiger partial charge in [-0.1, -0.05) is 20.8 Å². The highest BCUT2D eigenvalue weighted by Gasteiger charge is 2.82. The first-order chi connectivity index (χ1) is 10.9. The highest BCUT2D eigenvalue weighted by Crippen LogP contribution is 2.55. The zero-order valence-electron chi connectivity index (χ0n) is 13.3. The summed E-state index contributed by atoms with van der Waals surface area (Å²) in [7, 11) is 0. The average molecular weight is 377 g/mol. The monoisotopic (exact) mass is 377 g/mol. The number of amides is 1. The van der Waals surface area contributed by atoms with Gasteiger partial charge in [0.05, 0.1) is 6.07 Å². The van der Waals surface area contributed by atoms with E-state index in [1.54, 1.807) is 0 Å². The molecule has 0 bridgehead atoms. The van der Waals surface area contributed by atoms with E-state index in [1.807, 2.05) is 0 Å². The van der Waals surface area contributed by atoms with Crippen molar-refractivity contribution in [3.63, 3.8) is 0 Å². The second kappa shape index (κ2) is 5.82. The summed E-state index contributed by atoms with van der Waals surface area (Å²) in [5.74, 6) is -14.4. The minimum atomic E-state index is -6.69. The predicted molar refractivity (Wildman–Crippen MR) is 69.5 cm³/mol. The van der Waals surface area contributed by atoms with Crippen LogP contribution in [0.15, 0.2) is 5.10 Å². The van der Waals surface area contributed by atoms with Gasteiger partial charge in [0.2, 0.25) is 5.72 Å². The highest BCUT2D eigenvalue weighted by atomic mass is 19.4. The number of alkyl halides is 7. The normalized spacial score (nSPS) is 22.6. The Morgan fingerprint density at radius 2 is 1.72 bits per heavy atom. The van der Waals surface area contributed by atoms with Gasteiger partial charge in [0.1, 0.15) is 6.42 Å². The fourth-order valence-electron chi connectivity index (χ4n) is 2.04. The van der Waals surface area contributed by atoms with Crippen LogP contribution in [0.4, 0.5) is 30.7 Å². The van der Waals surface area contributed by atoms with Crippen molar-refractivity contribution in [1.29, 1.82) is 5.26 Å². The first-order valence-corrected chi connectivity index (χ1v) is 6.76. The van der Waals surface area contributed by atoms with Crippen LogP contribution in [0.5, 0.6) is 0 Å². The van der Waals surface area contributed by atoms with Crippen molar-refractivity contribution < 1.29 is 40.6 Å². The molecule has 142 valence electrons. The molecule has 0 spiro atoms. The van der Waals surface area contributed by atoms with Gasteiger partial charge in [-0.15, -0.1) is 0 Å². The van der Waals surface area contributed by atoms with Gasteiger partial charge in [-0.3, -0.25) is 4.79 Å². The molecule has 0 saturated heterocycles. The van der Waals surface area contributed by atoms with Gasteiger partial charge in [-0.2, -0.15) is 46.1 Å². The maximum Gasteiger partial charge on any atom is 0.460 e. The Hall–Kier alpha value is -1.90. The molecule has 1 rings (SSSR count). The van der Waals surface area contributed by atoms with Crippen molar-refractivity contribution in [1.82, 2.24) is 5.01 Å². The van der Waals surface area contributed by atoms with E-state index in [-0.39, 0.29) is 0 Å². The molecule has 1 aliphatic heterocycles. The molecule has 0 fully saturated rings. The van der Waals surface area contributed by atoms with E-state index in [2.05, 4.69) is 5.10 Å². The van der Waals surface area contributed by atoms with Crippen molar-refractivity contribution in [2.24, 2.45) is 10.5 Å². The zero-order valence-corrected chi connectivity index (χ0v) is 13.3. The standard InChI is InChI=1S/C13H14F7N3O2/c1-9(2,3)7-6-10(25,23(22-7)8(24)4-5-21)11(14,15)12(16,17)13(18,19)20/h25H,4,6H2,1-3H3. The van der Waals surface area contributed by atoms with Crippen LogP contribution in [0.2, 0.25) is 0 Å². The Kier molecular flexibility index (Phi) is 4.93. The van der Waals surface area contributed by atoms with Gasteiger partial charge in [0.15, 0.2) is 0 Å². The summed E-state index contributed by atoms with van der Waals surface area (Å²) in [6.07, 6.45) is -9.29. The van der Waals surface area contributed by atoms with Gasteiger partial charge in [-0.25, -0.2) is 0 Å². The van der Waals surface area contributed by atoms with Crippen molar-refractivity contribution in [3.8, 4) is 6.07 Å². The molecule has 1 amide bonds. The van der Waals surface area contributed by atoms with Crippen LogP contribution in [0.25, 0.3) is 0 Å². The second-order valence-corrected chi connectivity index (χ2v) is 6.48. The molecule has 1 unspecified atom stereocenters. The van der Waals surface area contributed by atoms with Gasteiger partial charge in [0, 0.05) is 17.5 Å². The number of hydrazone groups is 1. The molecule has 5 nitrogen and oxygen atoms in total. The van der Waals surface area contributed by atoms with E-state index < -0.39 is 58.6 Å². The Morgan fingerprint density at radius 3 is 2.08 bits per heavy atom. The summed E-state index contributed by atoms with van der Waals surface area (Å²) >= 11 is 0. The number of nitrogens with zero attached hydrogens (tertiary/aromatic N) is 3. The predicted octanol–water partition coefficient (Wildman–Crippen LogP) is 3.06. The highest BCUT2D eigenvalue weighted by molar-refractivity contribution is 5.94. The Bertz CT molecular complexity index is 631. The SMILES string of the molecule is CC(C)(C)C1=NN(C(=O)CC#N)C(O)(C(F)(F)C(F)(F)C(F)(F)F)C1. The van der Waals surface area contributed by atoms with Gasteiger partial charge in [-0.05, 0) is 0 Å². The van der Waals surface area contributed by atoms with Crippen LogP contribution in [-0.4, -0.2) is 45.5 Å².